The number of nitrogens with zero attached hydrogens (tertiary/aromatic N) is 5. The van der Waals surface area contributed by atoms with Gasteiger partial charge in [0.1, 0.15) is 0 Å². The van der Waals surface area contributed by atoms with Gasteiger partial charge in [-0.3, -0.25) is 29.1 Å². The molecule has 0 bridgehead atoms. The van der Waals surface area contributed by atoms with Crippen LogP contribution < -0.4 is 5.32 Å². The molecule has 3 aromatic heterocycles. The number of aromatic nitrogens is 3. The number of fused-ring (bicyclic) bond motifs is 1. The van der Waals surface area contributed by atoms with Gasteiger partial charge in [-0.25, -0.2) is 0 Å². The molecule has 5 heterocycles. The van der Waals surface area contributed by atoms with Gasteiger partial charge in [0.15, 0.2) is 0 Å². The van der Waals surface area contributed by atoms with Gasteiger partial charge in [-0.1, -0.05) is 48.3 Å². The zero-order chi connectivity index (χ0) is 34.1. The molecule has 2 amide bonds. The summed E-state index contributed by atoms with van der Waals surface area (Å²) in [7, 11) is 0. The van der Waals surface area contributed by atoms with Crippen LogP contribution in [0.2, 0.25) is 5.02 Å². The summed E-state index contributed by atoms with van der Waals surface area (Å²) in [6, 6.07) is 8.51. The number of carbonyl (C=O) groups is 2. The zero-order valence-electron chi connectivity index (χ0n) is 28.5. The van der Waals surface area contributed by atoms with Crippen molar-refractivity contribution in [1.82, 2.24) is 29.9 Å². The summed E-state index contributed by atoms with van der Waals surface area (Å²) in [6.45, 7) is 17.9. The van der Waals surface area contributed by atoms with E-state index in [1.165, 1.54) is 28.9 Å². The molecule has 2 unspecified atom stereocenters. The van der Waals surface area contributed by atoms with Crippen molar-refractivity contribution in [3.8, 4) is 11.1 Å². The van der Waals surface area contributed by atoms with E-state index < -0.39 is 0 Å². The molecule has 0 saturated carbocycles. The Labute approximate surface area is 297 Å². The number of hydrogen-bond donors (Lipinski definition) is 1. The quantitative estimate of drug-likeness (QED) is 0.106. The van der Waals surface area contributed by atoms with Crippen molar-refractivity contribution in [2.24, 2.45) is 5.92 Å². The second kappa shape index (κ2) is 17.7. The fraction of sp³-hybridized carbons (Fsp3) is 0.500. The van der Waals surface area contributed by atoms with Crippen LogP contribution in [0, 0.1) is 19.8 Å². The van der Waals surface area contributed by atoms with E-state index in [1.807, 2.05) is 44.3 Å². The molecule has 2 atom stereocenters. The van der Waals surface area contributed by atoms with Crippen molar-refractivity contribution < 1.29 is 9.59 Å². The van der Waals surface area contributed by atoms with Crippen molar-refractivity contribution in [2.45, 2.75) is 86.5 Å². The van der Waals surface area contributed by atoms with Crippen molar-refractivity contribution in [3.05, 3.63) is 69.4 Å². The molecule has 1 N–H and O–H groups in total. The van der Waals surface area contributed by atoms with Gasteiger partial charge >= 0.3 is 0 Å². The van der Waals surface area contributed by atoms with Crippen LogP contribution in [0.25, 0.3) is 21.3 Å². The molecule has 2 aliphatic heterocycles. The smallest absolute Gasteiger partial charge is 0.232 e. The molecule has 254 valence electrons. The minimum atomic E-state index is -0.224. The highest BCUT2D eigenvalue weighted by atomic mass is 79.9. The van der Waals surface area contributed by atoms with Crippen LogP contribution in [0.5, 0.6) is 0 Å². The van der Waals surface area contributed by atoms with Crippen LogP contribution in [0.1, 0.15) is 68.5 Å². The highest BCUT2D eigenvalue weighted by Crippen LogP contribution is 2.38. The van der Waals surface area contributed by atoms with Gasteiger partial charge in [0.05, 0.1) is 23.0 Å². The fourth-order valence-corrected chi connectivity index (χ4v) is 7.74. The van der Waals surface area contributed by atoms with Gasteiger partial charge in [-0.05, 0) is 74.6 Å². The van der Waals surface area contributed by atoms with Crippen LogP contribution in [-0.4, -0.2) is 67.4 Å². The Morgan fingerprint density at radius 3 is 2.57 bits per heavy atom. The van der Waals surface area contributed by atoms with E-state index in [1.54, 1.807) is 24.5 Å². The third-order valence-electron chi connectivity index (χ3n) is 8.49. The zero-order valence-corrected chi connectivity index (χ0v) is 31.6. The number of alkyl halides is 1. The lowest BCUT2D eigenvalue weighted by Crippen LogP contribution is -2.48. The van der Waals surface area contributed by atoms with Crippen LogP contribution in [0.4, 0.5) is 0 Å². The van der Waals surface area contributed by atoms with E-state index >= 15 is 0 Å². The first-order valence-corrected chi connectivity index (χ1v) is 19.0. The predicted molar refractivity (Wildman–Crippen MR) is 198 cm³/mol. The Morgan fingerprint density at radius 2 is 1.87 bits per heavy atom. The number of carbonyl (C=O) groups excluding carboxylic acids is 2. The highest BCUT2D eigenvalue weighted by Gasteiger charge is 2.35. The van der Waals surface area contributed by atoms with E-state index in [0.717, 1.165) is 69.8 Å². The van der Waals surface area contributed by atoms with Crippen LogP contribution in [0.15, 0.2) is 42.9 Å². The van der Waals surface area contributed by atoms with Crippen molar-refractivity contribution >= 4 is 60.9 Å². The summed E-state index contributed by atoms with van der Waals surface area (Å²) >= 11 is 11.3. The molecule has 11 heteroatoms. The lowest BCUT2D eigenvalue weighted by molar-refractivity contribution is -0.139. The molecule has 6 rings (SSSR count). The number of halogens is 2. The van der Waals surface area contributed by atoms with Crippen LogP contribution in [0.3, 0.4) is 0 Å². The first-order chi connectivity index (χ1) is 22.6. The predicted octanol–water partition coefficient (Wildman–Crippen LogP) is 8.01. The second-order valence-electron chi connectivity index (χ2n) is 12.2. The summed E-state index contributed by atoms with van der Waals surface area (Å²) in [5.41, 5.74) is 6.69. The van der Waals surface area contributed by atoms with Gasteiger partial charge in [0, 0.05) is 89.9 Å². The van der Waals surface area contributed by atoms with Crippen molar-refractivity contribution in [2.75, 3.05) is 25.0 Å². The number of likely N-dealkylation sites (tertiary alicyclic amines) is 1. The van der Waals surface area contributed by atoms with Gasteiger partial charge in [-0.15, -0.1) is 11.3 Å². The molecule has 1 aromatic carbocycles. The van der Waals surface area contributed by atoms with Gasteiger partial charge < -0.3 is 5.32 Å². The molecule has 0 spiro atoms. The molecule has 2 aliphatic rings. The molecular weight excluding hydrogens is 696 g/mol. The SMILES string of the molecule is CC.CC1CN(Cc2cnn(CCCCBr)c2)CCN1.Cc1cc(Cl)cc(-c2ccnc3cc(CN4C(=O)CC(C)C4=O)sc23)c1C. The molecule has 2 fully saturated rings. The topological polar surface area (TPSA) is 83.4 Å². The third kappa shape index (κ3) is 9.72. The molecular formula is C36H48BrClN6O2S. The number of benzene rings is 1. The first-order valence-electron chi connectivity index (χ1n) is 16.6. The van der Waals surface area contributed by atoms with Crippen molar-refractivity contribution in [3.63, 3.8) is 0 Å². The van der Waals surface area contributed by atoms with Crippen LogP contribution >= 0.6 is 38.9 Å². The van der Waals surface area contributed by atoms with E-state index in [4.69, 9.17) is 11.6 Å². The number of nitrogens with one attached hydrogen (secondary N) is 1. The Morgan fingerprint density at radius 1 is 1.09 bits per heavy atom. The standard InChI is InChI=1S/C21H19ClN2O2S.C13H23BrN4.C2H6/c1-11-6-14(22)8-17(13(11)3)16-4-5-23-18-9-15(27-20(16)18)10-24-19(25)7-12(2)21(24)26;1-12-9-17(7-5-15-12)10-13-8-16-18(11-13)6-3-2-4-14;1-2/h4-6,8-9,12H,7,10H2,1-3H3;8,11-12,15H,2-7,9-10H2,1H3;1-2H3. The van der Waals surface area contributed by atoms with Gasteiger partial charge in [0.2, 0.25) is 11.8 Å². The number of amides is 2. The second-order valence-corrected chi connectivity index (χ2v) is 14.6. The number of aryl methyl sites for hydroxylation is 2. The summed E-state index contributed by atoms with van der Waals surface area (Å²) in [5, 5.41) is 9.69. The average molecular weight is 744 g/mol. The number of imide groups is 1. The van der Waals surface area contributed by atoms with Crippen LogP contribution in [-0.2, 0) is 29.2 Å². The molecule has 4 aromatic rings. The molecule has 8 nitrogen and oxygen atoms in total. The number of thiophene rings is 1. The number of pyridine rings is 1. The van der Waals surface area contributed by atoms with E-state index in [2.05, 4.69) is 67.9 Å². The molecule has 0 aliphatic carbocycles. The van der Waals surface area contributed by atoms with Gasteiger partial charge in [-0.2, -0.15) is 5.10 Å². The summed E-state index contributed by atoms with van der Waals surface area (Å²) < 4.78 is 3.12. The Balaban J connectivity index is 0.000000218. The number of hydrogen-bond acceptors (Lipinski definition) is 7. The normalized spacial score (nSPS) is 18.3. The summed E-state index contributed by atoms with van der Waals surface area (Å²) in [4.78, 5) is 33.6. The minimum absolute atomic E-state index is 0.0908. The van der Waals surface area contributed by atoms with E-state index in [9.17, 15) is 9.59 Å². The maximum absolute atomic E-state index is 12.2. The molecule has 0 radical (unpaired) electrons. The van der Waals surface area contributed by atoms with Gasteiger partial charge in [0.25, 0.3) is 0 Å². The Bertz CT molecular complexity index is 1660. The average Bonchev–Trinajstić information content (AvgIpc) is 3.74. The summed E-state index contributed by atoms with van der Waals surface area (Å²) in [6.07, 6.45) is 8.70. The minimum Gasteiger partial charge on any atom is -0.312 e. The molecule has 2 saturated heterocycles. The monoisotopic (exact) mass is 742 g/mol. The van der Waals surface area contributed by atoms with Crippen molar-refractivity contribution in [1.29, 1.82) is 0 Å². The Hall–Kier alpha value is -2.63. The van der Waals surface area contributed by atoms with E-state index in [-0.39, 0.29) is 17.7 Å². The lowest BCUT2D eigenvalue weighted by atomic mass is 9.97. The lowest BCUT2D eigenvalue weighted by Gasteiger charge is -2.31. The summed E-state index contributed by atoms with van der Waals surface area (Å²) in [5.74, 6) is -0.413. The third-order valence-corrected chi connectivity index (χ3v) is 10.4. The first kappa shape index (κ1) is 37.2. The number of unbranched alkanes of at least 4 members (excludes halogenated alkanes) is 1. The maximum atomic E-state index is 12.2. The Kier molecular flexibility index (Phi) is 14.0. The highest BCUT2D eigenvalue weighted by molar-refractivity contribution is 9.09. The number of rotatable bonds is 9. The largest absolute Gasteiger partial charge is 0.312 e. The maximum Gasteiger partial charge on any atom is 0.232 e. The fourth-order valence-electron chi connectivity index (χ4n) is 5.94. The van der Waals surface area contributed by atoms with E-state index in [0.29, 0.717) is 24.0 Å². The number of piperazine rings is 1. The molecule has 47 heavy (non-hydrogen) atoms.